The van der Waals surface area contributed by atoms with E-state index in [0.717, 1.165) is 15.8 Å². The number of halogens is 1. The smallest absolute Gasteiger partial charge is 0.250 e. The molecule has 1 N–H and O–H groups in total. The molecule has 1 heterocycles. The summed E-state index contributed by atoms with van der Waals surface area (Å²) in [5, 5.41) is 4.06. The van der Waals surface area contributed by atoms with E-state index in [1.165, 1.54) is 23.0 Å². The largest absolute Gasteiger partial charge is 0.298 e. The summed E-state index contributed by atoms with van der Waals surface area (Å²) in [4.78, 5) is 16.3. The van der Waals surface area contributed by atoms with Crippen molar-refractivity contribution >= 4 is 50.3 Å². The number of carbonyl (C=O) groups excluding carboxylic acids is 1. The molecule has 3 nitrogen and oxygen atoms in total. The van der Waals surface area contributed by atoms with Crippen LogP contribution in [0.4, 0.5) is 5.13 Å². The topological polar surface area (TPSA) is 42.0 Å². The van der Waals surface area contributed by atoms with Crippen LogP contribution in [0.1, 0.15) is 11.1 Å². The van der Waals surface area contributed by atoms with E-state index >= 15 is 0 Å². The third kappa shape index (κ3) is 3.53. The van der Waals surface area contributed by atoms with E-state index in [-0.39, 0.29) is 5.91 Å². The number of thiazole rings is 1. The highest BCUT2D eigenvalue weighted by atomic mass is 35.5. The van der Waals surface area contributed by atoms with Crippen molar-refractivity contribution in [2.75, 3.05) is 5.32 Å². The molecule has 0 aliphatic carbocycles. The highest BCUT2D eigenvalue weighted by Gasteiger charge is 2.05. The first kappa shape index (κ1) is 14.8. The van der Waals surface area contributed by atoms with Gasteiger partial charge >= 0.3 is 0 Å². The number of amides is 1. The number of rotatable bonds is 3. The predicted molar refractivity (Wildman–Crippen MR) is 93.5 cm³/mol. The molecular weight excluding hydrogens is 316 g/mol. The Morgan fingerprint density at radius 2 is 2.00 bits per heavy atom. The second-order valence-electron chi connectivity index (χ2n) is 4.86. The first-order valence-electron chi connectivity index (χ1n) is 6.72. The SMILES string of the molecule is Cc1ccc2nc(NC(=O)/C=C/c3ccc(Cl)cc3)sc2c1. The lowest BCUT2D eigenvalue weighted by atomic mass is 10.2. The van der Waals surface area contributed by atoms with Crippen LogP contribution in [-0.2, 0) is 4.79 Å². The number of aryl methyl sites for hydroxylation is 1. The molecular formula is C17H13ClN2OS. The Labute approximate surface area is 137 Å². The first-order chi connectivity index (χ1) is 10.6. The Bertz CT molecular complexity index is 853. The van der Waals surface area contributed by atoms with Gasteiger partial charge in [0.15, 0.2) is 5.13 Å². The van der Waals surface area contributed by atoms with Gasteiger partial charge < -0.3 is 0 Å². The van der Waals surface area contributed by atoms with Gasteiger partial charge in [-0.3, -0.25) is 10.1 Å². The molecule has 3 rings (SSSR count). The maximum absolute atomic E-state index is 11.9. The molecule has 0 atom stereocenters. The molecule has 0 saturated heterocycles. The Kier molecular flexibility index (Phi) is 4.22. The fourth-order valence-corrected chi connectivity index (χ4v) is 3.07. The molecule has 1 aromatic heterocycles. The average Bonchev–Trinajstić information content (AvgIpc) is 2.88. The fourth-order valence-electron chi connectivity index (χ4n) is 1.98. The van der Waals surface area contributed by atoms with Crippen LogP contribution >= 0.6 is 22.9 Å². The van der Waals surface area contributed by atoms with E-state index in [4.69, 9.17) is 11.6 Å². The molecule has 22 heavy (non-hydrogen) atoms. The minimum absolute atomic E-state index is 0.203. The maximum Gasteiger partial charge on any atom is 0.250 e. The number of nitrogens with zero attached hydrogens (tertiary/aromatic N) is 1. The standard InChI is InChI=1S/C17H13ClN2OS/c1-11-2-8-14-15(10-11)22-17(19-14)20-16(21)9-5-12-3-6-13(18)7-4-12/h2-10H,1H3,(H,19,20,21)/b9-5+. The van der Waals surface area contributed by atoms with E-state index in [1.807, 2.05) is 31.2 Å². The molecule has 110 valence electrons. The summed E-state index contributed by atoms with van der Waals surface area (Å²) >= 11 is 7.29. The zero-order valence-electron chi connectivity index (χ0n) is 11.8. The zero-order chi connectivity index (χ0) is 15.5. The van der Waals surface area contributed by atoms with E-state index < -0.39 is 0 Å². The second kappa shape index (κ2) is 6.30. The molecule has 0 spiro atoms. The van der Waals surface area contributed by atoms with Gasteiger partial charge in [-0.25, -0.2) is 4.98 Å². The van der Waals surface area contributed by atoms with Gasteiger partial charge in [0.05, 0.1) is 10.2 Å². The third-order valence-corrected chi connectivity index (χ3v) is 4.26. The Hall–Kier alpha value is -2.17. The Morgan fingerprint density at radius 1 is 1.23 bits per heavy atom. The molecule has 0 aliphatic rings. The van der Waals surface area contributed by atoms with Crippen LogP contribution in [0.2, 0.25) is 5.02 Å². The quantitative estimate of drug-likeness (QED) is 0.694. The molecule has 1 amide bonds. The number of nitrogens with one attached hydrogen (secondary N) is 1. The number of hydrogen-bond donors (Lipinski definition) is 1. The zero-order valence-corrected chi connectivity index (χ0v) is 13.4. The van der Waals surface area contributed by atoms with Crippen LogP contribution < -0.4 is 5.32 Å². The van der Waals surface area contributed by atoms with Crippen LogP contribution in [0, 0.1) is 6.92 Å². The number of anilines is 1. The Balaban J connectivity index is 1.71. The van der Waals surface area contributed by atoms with Gasteiger partial charge in [0.25, 0.3) is 0 Å². The van der Waals surface area contributed by atoms with Crippen molar-refractivity contribution in [2.24, 2.45) is 0 Å². The summed E-state index contributed by atoms with van der Waals surface area (Å²) < 4.78 is 1.07. The lowest BCUT2D eigenvalue weighted by Crippen LogP contribution is -2.07. The van der Waals surface area contributed by atoms with Gasteiger partial charge in [0, 0.05) is 11.1 Å². The van der Waals surface area contributed by atoms with Gasteiger partial charge in [0.2, 0.25) is 5.91 Å². The fraction of sp³-hybridized carbons (Fsp3) is 0.0588. The molecule has 0 bridgehead atoms. The summed E-state index contributed by atoms with van der Waals surface area (Å²) in [6.07, 6.45) is 3.23. The third-order valence-electron chi connectivity index (χ3n) is 3.07. The van der Waals surface area contributed by atoms with Gasteiger partial charge in [-0.1, -0.05) is 41.1 Å². The molecule has 3 aromatic rings. The number of aromatic nitrogens is 1. The van der Waals surface area contributed by atoms with Gasteiger partial charge in [-0.05, 0) is 48.4 Å². The van der Waals surface area contributed by atoms with Crippen molar-refractivity contribution in [2.45, 2.75) is 6.92 Å². The molecule has 5 heteroatoms. The summed E-state index contributed by atoms with van der Waals surface area (Å²) in [5.74, 6) is -0.203. The summed E-state index contributed by atoms with van der Waals surface area (Å²) in [6, 6.07) is 13.3. The van der Waals surface area contributed by atoms with E-state index in [2.05, 4.69) is 16.4 Å². The predicted octanol–water partition coefficient (Wildman–Crippen LogP) is 4.91. The number of fused-ring (bicyclic) bond motifs is 1. The van der Waals surface area contributed by atoms with Crippen molar-refractivity contribution < 1.29 is 4.79 Å². The molecule has 0 fully saturated rings. The van der Waals surface area contributed by atoms with Crippen LogP contribution in [-0.4, -0.2) is 10.9 Å². The minimum Gasteiger partial charge on any atom is -0.298 e. The van der Waals surface area contributed by atoms with Crippen molar-refractivity contribution in [1.29, 1.82) is 0 Å². The molecule has 2 aromatic carbocycles. The first-order valence-corrected chi connectivity index (χ1v) is 7.91. The van der Waals surface area contributed by atoms with Gasteiger partial charge in [-0.15, -0.1) is 0 Å². The number of carbonyl (C=O) groups is 1. The highest BCUT2D eigenvalue weighted by molar-refractivity contribution is 7.22. The van der Waals surface area contributed by atoms with Crippen LogP contribution in [0.5, 0.6) is 0 Å². The van der Waals surface area contributed by atoms with E-state index in [0.29, 0.717) is 10.2 Å². The summed E-state index contributed by atoms with van der Waals surface area (Å²) in [5.41, 5.74) is 2.99. The van der Waals surface area contributed by atoms with Crippen LogP contribution in [0.15, 0.2) is 48.5 Å². The van der Waals surface area contributed by atoms with Crippen LogP contribution in [0.3, 0.4) is 0 Å². The molecule has 0 saturated carbocycles. The van der Waals surface area contributed by atoms with Crippen LogP contribution in [0.25, 0.3) is 16.3 Å². The summed E-state index contributed by atoms with van der Waals surface area (Å²) in [7, 11) is 0. The van der Waals surface area contributed by atoms with Crippen molar-refractivity contribution in [3.8, 4) is 0 Å². The average molecular weight is 329 g/mol. The number of benzene rings is 2. The number of hydrogen-bond acceptors (Lipinski definition) is 3. The van der Waals surface area contributed by atoms with E-state index in [1.54, 1.807) is 18.2 Å². The van der Waals surface area contributed by atoms with Gasteiger partial charge in [0.1, 0.15) is 0 Å². The normalized spacial score (nSPS) is 11.2. The maximum atomic E-state index is 11.9. The van der Waals surface area contributed by atoms with Crippen molar-refractivity contribution in [3.63, 3.8) is 0 Å². The van der Waals surface area contributed by atoms with Crippen molar-refractivity contribution in [1.82, 2.24) is 4.98 Å². The lowest BCUT2D eigenvalue weighted by molar-refractivity contribution is -0.111. The second-order valence-corrected chi connectivity index (χ2v) is 6.33. The molecule has 0 unspecified atom stereocenters. The van der Waals surface area contributed by atoms with Crippen molar-refractivity contribution in [3.05, 3.63) is 64.7 Å². The highest BCUT2D eigenvalue weighted by Crippen LogP contribution is 2.26. The molecule has 0 radical (unpaired) electrons. The summed E-state index contributed by atoms with van der Waals surface area (Å²) in [6.45, 7) is 2.03. The van der Waals surface area contributed by atoms with E-state index in [9.17, 15) is 4.79 Å². The monoisotopic (exact) mass is 328 g/mol. The molecule has 0 aliphatic heterocycles. The van der Waals surface area contributed by atoms with Gasteiger partial charge in [-0.2, -0.15) is 0 Å². The minimum atomic E-state index is -0.203. The Morgan fingerprint density at radius 3 is 2.77 bits per heavy atom. The lowest BCUT2D eigenvalue weighted by Gasteiger charge is -1.96.